The Bertz CT molecular complexity index is 958. The number of hydrogen-bond donors (Lipinski definition) is 2. The van der Waals surface area contributed by atoms with Crippen LogP contribution in [0.15, 0.2) is 16.7 Å². The Morgan fingerprint density at radius 2 is 1.79 bits per heavy atom. The molecule has 0 saturated carbocycles. The topological polar surface area (TPSA) is 97.1 Å². The Kier molecular flexibility index (Phi) is 4.06. The number of furan rings is 1. The van der Waals surface area contributed by atoms with Crippen LogP contribution >= 0.6 is 11.3 Å². The Balaban J connectivity index is 1.82. The van der Waals surface area contributed by atoms with Gasteiger partial charge in [0.05, 0.1) is 16.7 Å². The van der Waals surface area contributed by atoms with Gasteiger partial charge in [-0.2, -0.15) is 0 Å². The van der Waals surface area contributed by atoms with E-state index in [-0.39, 0.29) is 5.91 Å². The summed E-state index contributed by atoms with van der Waals surface area (Å²) in [4.78, 5) is 34.4. The number of amides is 2. The number of hydrogen-bond acceptors (Lipinski definition) is 6. The van der Waals surface area contributed by atoms with E-state index in [0.717, 1.165) is 21.5 Å². The number of rotatable bonds is 2. The van der Waals surface area contributed by atoms with Crippen LogP contribution in [0.3, 0.4) is 0 Å². The fraction of sp³-hybridized carbons (Fsp3) is 0.250. The van der Waals surface area contributed by atoms with E-state index in [1.54, 1.807) is 13.0 Å². The van der Waals surface area contributed by atoms with Crippen LogP contribution in [0.25, 0.3) is 10.2 Å². The Morgan fingerprint density at radius 1 is 1.08 bits per heavy atom. The number of nitrogens with one attached hydrogen (secondary N) is 2. The number of aryl methyl sites for hydroxylation is 4. The number of aromatic nitrogens is 2. The molecule has 0 spiro atoms. The van der Waals surface area contributed by atoms with E-state index in [9.17, 15) is 9.59 Å². The molecule has 0 unspecified atom stereocenters. The van der Waals surface area contributed by atoms with Gasteiger partial charge in [-0.25, -0.2) is 9.97 Å². The van der Waals surface area contributed by atoms with Gasteiger partial charge in [0, 0.05) is 11.1 Å². The highest BCUT2D eigenvalue weighted by Crippen LogP contribution is 2.30. The Morgan fingerprint density at radius 3 is 2.46 bits per heavy atom. The molecule has 3 aromatic heterocycles. The molecule has 0 aliphatic carbocycles. The van der Waals surface area contributed by atoms with Crippen molar-refractivity contribution in [3.63, 3.8) is 0 Å². The van der Waals surface area contributed by atoms with Crippen LogP contribution in [0.4, 0.5) is 0 Å². The van der Waals surface area contributed by atoms with Crippen molar-refractivity contribution in [1.82, 2.24) is 20.8 Å². The molecule has 0 aliphatic rings. The first-order chi connectivity index (χ1) is 11.4. The summed E-state index contributed by atoms with van der Waals surface area (Å²) in [5, 5.41) is 0.882. The first-order valence-electron chi connectivity index (χ1n) is 7.27. The molecule has 8 heteroatoms. The summed E-state index contributed by atoms with van der Waals surface area (Å²) in [5.41, 5.74) is 6.84. The molecule has 0 radical (unpaired) electrons. The summed E-state index contributed by atoms with van der Waals surface area (Å²) in [6.07, 6.45) is 1.42. The molecule has 0 aliphatic heterocycles. The zero-order valence-electron chi connectivity index (χ0n) is 13.7. The number of carbonyl (C=O) groups excluding carboxylic acids is 2. The lowest BCUT2D eigenvalue weighted by Crippen LogP contribution is -2.41. The van der Waals surface area contributed by atoms with Gasteiger partial charge in [-0.1, -0.05) is 0 Å². The smallest absolute Gasteiger partial charge is 0.280 e. The van der Waals surface area contributed by atoms with Crippen LogP contribution in [0.5, 0.6) is 0 Å². The third kappa shape index (κ3) is 2.76. The van der Waals surface area contributed by atoms with E-state index in [0.29, 0.717) is 22.0 Å². The van der Waals surface area contributed by atoms with Crippen LogP contribution in [0.2, 0.25) is 0 Å². The maximum absolute atomic E-state index is 12.4. The summed E-state index contributed by atoms with van der Waals surface area (Å²) in [6.45, 7) is 7.23. The summed E-state index contributed by atoms with van der Waals surface area (Å²) < 4.78 is 5.07. The predicted octanol–water partition coefficient (Wildman–Crippen LogP) is 2.59. The summed E-state index contributed by atoms with van der Waals surface area (Å²) in [6, 6.07) is 1.54. The van der Waals surface area contributed by atoms with E-state index in [2.05, 4.69) is 20.8 Å². The lowest BCUT2D eigenvalue weighted by molar-refractivity contribution is 0.0847. The number of nitrogens with zero attached hydrogens (tertiary/aromatic N) is 2. The van der Waals surface area contributed by atoms with Gasteiger partial charge < -0.3 is 4.42 Å². The molecule has 0 aromatic carbocycles. The maximum atomic E-state index is 12.4. The van der Waals surface area contributed by atoms with Gasteiger partial charge in [-0.15, -0.1) is 11.3 Å². The average molecular weight is 344 g/mol. The predicted molar refractivity (Wildman–Crippen MR) is 90.0 cm³/mol. The van der Waals surface area contributed by atoms with E-state index in [4.69, 9.17) is 4.42 Å². The first kappa shape index (κ1) is 16.1. The standard InChI is InChI=1S/C16H16N4O3S/c1-7-12-8(2)17-10(4)18-16(12)24-13(7)15(22)20-19-14(21)11-5-6-23-9(11)3/h5-6H,1-4H3,(H,19,21)(H,20,22). The monoisotopic (exact) mass is 344 g/mol. The van der Waals surface area contributed by atoms with Gasteiger partial charge in [-0.3, -0.25) is 20.4 Å². The summed E-state index contributed by atoms with van der Waals surface area (Å²) >= 11 is 1.28. The highest BCUT2D eigenvalue weighted by Gasteiger charge is 2.19. The number of fused-ring (bicyclic) bond motifs is 1. The minimum Gasteiger partial charge on any atom is -0.469 e. The van der Waals surface area contributed by atoms with Gasteiger partial charge in [0.1, 0.15) is 16.4 Å². The quantitative estimate of drug-likeness (QED) is 0.697. The molecule has 0 bridgehead atoms. The second-order valence-corrected chi connectivity index (χ2v) is 6.39. The van der Waals surface area contributed by atoms with Crippen molar-refractivity contribution in [3.05, 3.63) is 45.6 Å². The van der Waals surface area contributed by atoms with Crippen LogP contribution in [-0.4, -0.2) is 21.8 Å². The second-order valence-electron chi connectivity index (χ2n) is 5.39. The Labute approximate surface area is 142 Å². The van der Waals surface area contributed by atoms with Crippen molar-refractivity contribution >= 4 is 33.4 Å². The average Bonchev–Trinajstić information content (AvgIpc) is 3.08. The molecular weight excluding hydrogens is 328 g/mol. The SMILES string of the molecule is Cc1nc(C)c2c(C)c(C(=O)NNC(=O)c3ccoc3C)sc2n1. The highest BCUT2D eigenvalue weighted by atomic mass is 32.1. The molecule has 3 heterocycles. The van der Waals surface area contributed by atoms with Crippen molar-refractivity contribution in [3.8, 4) is 0 Å². The van der Waals surface area contributed by atoms with Crippen molar-refractivity contribution in [1.29, 1.82) is 0 Å². The zero-order valence-corrected chi connectivity index (χ0v) is 14.5. The minimum atomic E-state index is -0.430. The molecule has 2 N–H and O–H groups in total. The zero-order chi connectivity index (χ0) is 17.4. The third-order valence-electron chi connectivity index (χ3n) is 3.68. The number of carbonyl (C=O) groups is 2. The molecule has 0 atom stereocenters. The lowest BCUT2D eigenvalue weighted by atomic mass is 10.1. The van der Waals surface area contributed by atoms with Crippen molar-refractivity contribution in [2.45, 2.75) is 27.7 Å². The molecule has 24 heavy (non-hydrogen) atoms. The normalized spacial score (nSPS) is 10.8. The van der Waals surface area contributed by atoms with Gasteiger partial charge in [0.15, 0.2) is 0 Å². The fourth-order valence-electron chi connectivity index (χ4n) is 2.55. The van der Waals surface area contributed by atoms with E-state index >= 15 is 0 Å². The maximum Gasteiger partial charge on any atom is 0.280 e. The molecule has 124 valence electrons. The van der Waals surface area contributed by atoms with Gasteiger partial charge >= 0.3 is 0 Å². The van der Waals surface area contributed by atoms with E-state index < -0.39 is 5.91 Å². The van der Waals surface area contributed by atoms with E-state index in [1.807, 2.05) is 20.8 Å². The molecule has 7 nitrogen and oxygen atoms in total. The largest absolute Gasteiger partial charge is 0.469 e. The highest BCUT2D eigenvalue weighted by molar-refractivity contribution is 7.20. The van der Waals surface area contributed by atoms with Crippen molar-refractivity contribution in [2.24, 2.45) is 0 Å². The lowest BCUT2D eigenvalue weighted by Gasteiger charge is -2.06. The van der Waals surface area contributed by atoms with Crippen LogP contribution in [-0.2, 0) is 0 Å². The molecule has 0 saturated heterocycles. The summed E-state index contributed by atoms with van der Waals surface area (Å²) in [5.74, 6) is 0.334. The Hall–Kier alpha value is -2.74. The summed E-state index contributed by atoms with van der Waals surface area (Å²) in [7, 11) is 0. The third-order valence-corrected chi connectivity index (χ3v) is 4.87. The molecule has 2 amide bonds. The van der Waals surface area contributed by atoms with E-state index in [1.165, 1.54) is 17.6 Å². The van der Waals surface area contributed by atoms with Crippen molar-refractivity contribution in [2.75, 3.05) is 0 Å². The molecule has 3 rings (SSSR count). The van der Waals surface area contributed by atoms with Crippen LogP contribution in [0.1, 0.15) is 42.9 Å². The molecular formula is C16H16N4O3S. The number of hydrazine groups is 1. The molecule has 3 aromatic rings. The van der Waals surface area contributed by atoms with Crippen molar-refractivity contribution < 1.29 is 14.0 Å². The van der Waals surface area contributed by atoms with Crippen LogP contribution in [0, 0.1) is 27.7 Å². The van der Waals surface area contributed by atoms with Gasteiger partial charge in [0.25, 0.3) is 11.8 Å². The van der Waals surface area contributed by atoms with Gasteiger partial charge in [-0.05, 0) is 39.3 Å². The van der Waals surface area contributed by atoms with Crippen LogP contribution < -0.4 is 10.9 Å². The second kappa shape index (κ2) is 6.04. The number of thiophene rings is 1. The fourth-order valence-corrected chi connectivity index (χ4v) is 3.72. The first-order valence-corrected chi connectivity index (χ1v) is 8.09. The molecule has 0 fully saturated rings. The minimum absolute atomic E-state index is 0.376. The van der Waals surface area contributed by atoms with Gasteiger partial charge in [0.2, 0.25) is 0 Å².